The molecule has 0 spiro atoms. The Kier molecular flexibility index (Phi) is 3.36. The Morgan fingerprint density at radius 2 is 1.72 bits per heavy atom. The fourth-order valence-corrected chi connectivity index (χ4v) is 6.26. The SMILES string of the molecule is O=C1Oc2ccccc2[C@H]2c3sc(=O)[nH]c3S[C@@H](c3ccccc3)[C@H]12. The second-order valence-corrected chi connectivity index (χ2v) is 8.29. The van der Waals surface area contributed by atoms with Gasteiger partial charge in [-0.05, 0) is 11.6 Å². The molecule has 2 aliphatic rings. The van der Waals surface area contributed by atoms with Crippen molar-refractivity contribution in [1.29, 1.82) is 0 Å². The highest BCUT2D eigenvalue weighted by Crippen LogP contribution is 2.58. The maximum atomic E-state index is 12.9. The summed E-state index contributed by atoms with van der Waals surface area (Å²) >= 11 is 2.75. The van der Waals surface area contributed by atoms with Gasteiger partial charge in [-0.2, -0.15) is 0 Å². The Hall–Kier alpha value is -2.31. The van der Waals surface area contributed by atoms with Crippen LogP contribution in [0.25, 0.3) is 0 Å². The number of fused-ring (bicyclic) bond motifs is 5. The van der Waals surface area contributed by atoms with Crippen molar-refractivity contribution >= 4 is 29.1 Å². The summed E-state index contributed by atoms with van der Waals surface area (Å²) in [4.78, 5) is 28.7. The van der Waals surface area contributed by atoms with Crippen molar-refractivity contribution in [1.82, 2.24) is 4.98 Å². The maximum absolute atomic E-state index is 12.9. The third kappa shape index (κ3) is 2.28. The van der Waals surface area contributed by atoms with E-state index in [-0.39, 0.29) is 27.9 Å². The molecule has 0 saturated carbocycles. The van der Waals surface area contributed by atoms with Gasteiger partial charge in [-0.1, -0.05) is 71.6 Å². The summed E-state index contributed by atoms with van der Waals surface area (Å²) in [5, 5.41) is 0.777. The number of carbonyl (C=O) groups is 1. The first-order valence-electron chi connectivity index (χ1n) is 7.97. The number of hydrogen-bond donors (Lipinski definition) is 1. The first-order chi connectivity index (χ1) is 12.2. The molecule has 1 N–H and O–H groups in total. The number of para-hydroxylation sites is 1. The number of hydrogen-bond acceptors (Lipinski definition) is 5. The molecule has 0 bridgehead atoms. The van der Waals surface area contributed by atoms with E-state index >= 15 is 0 Å². The number of aromatic nitrogens is 1. The molecule has 2 aromatic carbocycles. The summed E-state index contributed by atoms with van der Waals surface area (Å²) < 4.78 is 5.64. The van der Waals surface area contributed by atoms with Crippen LogP contribution in [0, 0.1) is 5.92 Å². The van der Waals surface area contributed by atoms with Crippen molar-refractivity contribution in [2.75, 3.05) is 0 Å². The first kappa shape index (κ1) is 15.0. The lowest BCUT2D eigenvalue weighted by Crippen LogP contribution is -2.37. The van der Waals surface area contributed by atoms with Gasteiger partial charge in [0.1, 0.15) is 5.75 Å². The van der Waals surface area contributed by atoms with Gasteiger partial charge < -0.3 is 9.72 Å². The molecule has 4 nitrogen and oxygen atoms in total. The van der Waals surface area contributed by atoms with Crippen molar-refractivity contribution in [2.45, 2.75) is 16.2 Å². The van der Waals surface area contributed by atoms with E-state index in [1.54, 1.807) is 11.8 Å². The zero-order valence-electron chi connectivity index (χ0n) is 13.0. The number of benzene rings is 2. The highest BCUT2D eigenvalue weighted by molar-refractivity contribution is 7.99. The number of carbonyl (C=O) groups excluding carboxylic acids is 1. The molecular formula is C19H13NO3S2. The van der Waals surface area contributed by atoms with Gasteiger partial charge in [0.2, 0.25) is 0 Å². The zero-order valence-corrected chi connectivity index (χ0v) is 14.6. The fourth-order valence-electron chi connectivity index (χ4n) is 3.68. The molecular weight excluding hydrogens is 354 g/mol. The lowest BCUT2D eigenvalue weighted by Gasteiger charge is -2.39. The van der Waals surface area contributed by atoms with Gasteiger partial charge in [0.15, 0.2) is 0 Å². The summed E-state index contributed by atoms with van der Waals surface area (Å²) in [7, 11) is 0. The number of aromatic amines is 1. The highest BCUT2D eigenvalue weighted by atomic mass is 32.2. The molecule has 5 rings (SSSR count). The third-order valence-corrected chi connectivity index (χ3v) is 7.19. The predicted molar refractivity (Wildman–Crippen MR) is 97.4 cm³/mol. The molecule has 3 aromatic rings. The Balaban J connectivity index is 1.75. The van der Waals surface area contributed by atoms with Crippen LogP contribution in [0.1, 0.15) is 27.2 Å². The number of H-pyrrole nitrogens is 1. The van der Waals surface area contributed by atoms with Crippen LogP contribution in [0.4, 0.5) is 0 Å². The summed E-state index contributed by atoms with van der Waals surface area (Å²) in [5.74, 6) is -0.125. The normalized spacial score (nSPS) is 24.0. The summed E-state index contributed by atoms with van der Waals surface area (Å²) in [6.45, 7) is 0. The van der Waals surface area contributed by atoms with Crippen LogP contribution in [0.3, 0.4) is 0 Å². The van der Waals surface area contributed by atoms with Crippen LogP contribution >= 0.6 is 23.1 Å². The minimum absolute atomic E-state index is 0.0821. The monoisotopic (exact) mass is 367 g/mol. The Morgan fingerprint density at radius 1 is 0.960 bits per heavy atom. The molecule has 6 heteroatoms. The van der Waals surface area contributed by atoms with Crippen molar-refractivity contribution in [3.05, 3.63) is 80.3 Å². The molecule has 0 radical (unpaired) electrons. The van der Waals surface area contributed by atoms with E-state index in [1.807, 2.05) is 54.6 Å². The lowest BCUT2D eigenvalue weighted by molar-refractivity contribution is -0.140. The number of esters is 1. The van der Waals surface area contributed by atoms with Gasteiger partial charge in [0.05, 0.1) is 16.2 Å². The number of rotatable bonds is 1. The Labute approximate surface area is 151 Å². The summed E-state index contributed by atoms with van der Waals surface area (Å²) in [5.41, 5.74) is 2.04. The average Bonchev–Trinajstić information content (AvgIpc) is 3.01. The fraction of sp³-hybridized carbons (Fsp3) is 0.158. The first-order valence-corrected chi connectivity index (χ1v) is 9.67. The Bertz CT molecular complexity index is 1020. The van der Waals surface area contributed by atoms with Gasteiger partial charge >= 0.3 is 10.8 Å². The van der Waals surface area contributed by atoms with E-state index in [0.717, 1.165) is 21.0 Å². The number of thioether (sulfide) groups is 1. The topological polar surface area (TPSA) is 59.2 Å². The van der Waals surface area contributed by atoms with Crippen LogP contribution < -0.4 is 9.61 Å². The molecule has 124 valence electrons. The van der Waals surface area contributed by atoms with Gasteiger partial charge in [0, 0.05) is 16.4 Å². The summed E-state index contributed by atoms with van der Waals surface area (Å²) in [6, 6.07) is 17.6. The third-order valence-electron chi connectivity index (χ3n) is 4.72. The van der Waals surface area contributed by atoms with E-state index in [0.29, 0.717) is 5.75 Å². The standard InChI is InChI=1S/C19H13NO3S2/c21-18-14-13(11-8-4-5-9-12(11)23-18)16-17(20-19(22)25-16)24-15(14)10-6-2-1-3-7-10/h1-9,13-15H,(H,20,22)/t13-,14-,15+/m1/s1. The molecule has 0 unspecified atom stereocenters. The van der Waals surface area contributed by atoms with E-state index < -0.39 is 0 Å². The molecule has 0 fully saturated rings. The smallest absolute Gasteiger partial charge is 0.316 e. The number of ether oxygens (including phenoxy) is 1. The lowest BCUT2D eigenvalue weighted by atomic mass is 9.78. The van der Waals surface area contributed by atoms with Gasteiger partial charge in [-0.3, -0.25) is 9.59 Å². The van der Waals surface area contributed by atoms with E-state index in [4.69, 9.17) is 4.74 Å². The molecule has 2 aliphatic heterocycles. The van der Waals surface area contributed by atoms with Crippen LogP contribution in [-0.4, -0.2) is 11.0 Å². The predicted octanol–water partition coefficient (Wildman–Crippen LogP) is 3.95. The Morgan fingerprint density at radius 3 is 2.56 bits per heavy atom. The highest BCUT2D eigenvalue weighted by Gasteiger charge is 2.49. The minimum Gasteiger partial charge on any atom is -0.426 e. The second kappa shape index (κ2) is 5.61. The van der Waals surface area contributed by atoms with E-state index in [9.17, 15) is 9.59 Å². The number of nitrogens with one attached hydrogen (secondary N) is 1. The van der Waals surface area contributed by atoms with Crippen molar-refractivity contribution in [2.24, 2.45) is 5.92 Å². The van der Waals surface area contributed by atoms with E-state index in [1.165, 1.54) is 11.3 Å². The van der Waals surface area contributed by atoms with Crippen LogP contribution in [0.2, 0.25) is 0 Å². The van der Waals surface area contributed by atoms with Crippen LogP contribution in [-0.2, 0) is 4.79 Å². The molecule has 1 aromatic heterocycles. The van der Waals surface area contributed by atoms with Gasteiger partial charge in [-0.15, -0.1) is 0 Å². The number of thiazole rings is 1. The molecule has 0 saturated heterocycles. The van der Waals surface area contributed by atoms with Gasteiger partial charge in [0.25, 0.3) is 0 Å². The molecule has 3 heterocycles. The quantitative estimate of drug-likeness (QED) is 0.523. The van der Waals surface area contributed by atoms with Crippen molar-refractivity contribution < 1.29 is 9.53 Å². The average molecular weight is 367 g/mol. The summed E-state index contributed by atoms with van der Waals surface area (Å²) in [6.07, 6.45) is 0. The van der Waals surface area contributed by atoms with Crippen molar-refractivity contribution in [3.8, 4) is 5.75 Å². The zero-order chi connectivity index (χ0) is 17.0. The minimum atomic E-state index is -0.346. The molecule has 3 atom stereocenters. The van der Waals surface area contributed by atoms with E-state index in [2.05, 4.69) is 4.98 Å². The van der Waals surface area contributed by atoms with Crippen LogP contribution in [0.5, 0.6) is 5.75 Å². The molecule has 0 amide bonds. The van der Waals surface area contributed by atoms with Gasteiger partial charge in [-0.25, -0.2) is 0 Å². The largest absolute Gasteiger partial charge is 0.426 e. The maximum Gasteiger partial charge on any atom is 0.316 e. The van der Waals surface area contributed by atoms with Crippen LogP contribution in [0.15, 0.2) is 64.4 Å². The van der Waals surface area contributed by atoms with Crippen molar-refractivity contribution in [3.63, 3.8) is 0 Å². The molecule has 25 heavy (non-hydrogen) atoms. The second-order valence-electron chi connectivity index (χ2n) is 6.12. The molecule has 0 aliphatic carbocycles.